The predicted molar refractivity (Wildman–Crippen MR) is 95.2 cm³/mol. The minimum absolute atomic E-state index is 0.0229. The topological polar surface area (TPSA) is 55.1 Å². The molecule has 2 heterocycles. The van der Waals surface area contributed by atoms with E-state index in [2.05, 4.69) is 16.4 Å². The lowest BCUT2D eigenvalue weighted by atomic mass is 9.90. The van der Waals surface area contributed by atoms with E-state index in [-0.39, 0.29) is 12.3 Å². The Morgan fingerprint density at radius 3 is 3.00 bits per heavy atom. The summed E-state index contributed by atoms with van der Waals surface area (Å²) in [5, 5.41) is 5.78. The Labute approximate surface area is 144 Å². The number of nitrogens with zero attached hydrogens (tertiary/aromatic N) is 1. The lowest BCUT2D eigenvalue weighted by Gasteiger charge is -2.19. The second kappa shape index (κ2) is 6.61. The first kappa shape index (κ1) is 15.1. The van der Waals surface area contributed by atoms with Crippen LogP contribution in [0.3, 0.4) is 0 Å². The summed E-state index contributed by atoms with van der Waals surface area (Å²) in [6, 6.07) is 9.90. The number of benzene rings is 1. The molecule has 1 aliphatic carbocycles. The number of thiazole rings is 1. The fraction of sp³-hybridized carbons (Fsp3) is 0.263. The number of furan rings is 1. The quantitative estimate of drug-likeness (QED) is 0.764. The molecular weight excluding hydrogens is 320 g/mol. The minimum Gasteiger partial charge on any atom is -0.462 e. The molecule has 0 radical (unpaired) electrons. The number of anilines is 1. The molecule has 4 rings (SSSR count). The Morgan fingerprint density at radius 2 is 2.12 bits per heavy atom. The van der Waals surface area contributed by atoms with Gasteiger partial charge in [0, 0.05) is 11.1 Å². The molecule has 0 atom stereocenters. The van der Waals surface area contributed by atoms with Crippen LogP contribution in [0.1, 0.15) is 29.7 Å². The maximum Gasteiger partial charge on any atom is 0.230 e. The highest BCUT2D eigenvalue weighted by Gasteiger charge is 2.15. The van der Waals surface area contributed by atoms with E-state index in [1.54, 1.807) is 6.26 Å². The number of carbonyl (C=O) groups is 1. The summed E-state index contributed by atoms with van der Waals surface area (Å²) in [7, 11) is 0. The van der Waals surface area contributed by atoms with Crippen molar-refractivity contribution in [3.05, 3.63) is 58.8 Å². The normalized spacial score (nSPS) is 13.5. The lowest BCUT2D eigenvalue weighted by Crippen LogP contribution is -2.17. The molecule has 3 aromatic rings. The van der Waals surface area contributed by atoms with Gasteiger partial charge in [0.2, 0.25) is 5.91 Å². The number of rotatable bonds is 4. The molecule has 0 saturated carbocycles. The van der Waals surface area contributed by atoms with Crippen molar-refractivity contribution in [2.75, 3.05) is 5.32 Å². The summed E-state index contributed by atoms with van der Waals surface area (Å²) in [5.41, 5.74) is 4.40. The van der Waals surface area contributed by atoms with Gasteiger partial charge in [0.25, 0.3) is 0 Å². The third-order valence-corrected chi connectivity index (χ3v) is 5.20. The molecule has 0 spiro atoms. The van der Waals surface area contributed by atoms with Crippen molar-refractivity contribution in [1.82, 2.24) is 4.98 Å². The molecular formula is C19H18N2O2S. The number of amides is 1. The molecule has 4 nitrogen and oxygen atoms in total. The minimum atomic E-state index is -0.0229. The molecule has 5 heteroatoms. The Morgan fingerprint density at radius 1 is 1.21 bits per heavy atom. The van der Waals surface area contributed by atoms with Crippen LogP contribution in [0.15, 0.2) is 46.4 Å². The van der Waals surface area contributed by atoms with Crippen molar-refractivity contribution in [1.29, 1.82) is 0 Å². The summed E-state index contributed by atoms with van der Waals surface area (Å²) < 4.78 is 5.34. The van der Waals surface area contributed by atoms with Crippen LogP contribution in [-0.2, 0) is 24.1 Å². The number of fused-ring (bicyclic) bond motifs is 1. The highest BCUT2D eigenvalue weighted by atomic mass is 32.1. The van der Waals surface area contributed by atoms with Gasteiger partial charge in [-0.05, 0) is 55.0 Å². The fourth-order valence-electron chi connectivity index (χ4n) is 3.16. The second-order valence-electron chi connectivity index (χ2n) is 6.00. The van der Waals surface area contributed by atoms with Crippen LogP contribution >= 0.6 is 11.3 Å². The number of hydrogen-bond acceptors (Lipinski definition) is 4. The zero-order chi connectivity index (χ0) is 16.4. The van der Waals surface area contributed by atoms with E-state index < -0.39 is 0 Å². The average Bonchev–Trinajstić information content (AvgIpc) is 3.26. The maximum absolute atomic E-state index is 12.4. The maximum atomic E-state index is 12.4. The van der Waals surface area contributed by atoms with Crippen molar-refractivity contribution in [3.8, 4) is 10.8 Å². The Hall–Kier alpha value is -2.40. The van der Waals surface area contributed by atoms with Gasteiger partial charge >= 0.3 is 0 Å². The first-order chi connectivity index (χ1) is 11.8. The van der Waals surface area contributed by atoms with Gasteiger partial charge in [-0.2, -0.15) is 0 Å². The van der Waals surface area contributed by atoms with Gasteiger partial charge in [0.15, 0.2) is 10.8 Å². The van der Waals surface area contributed by atoms with Gasteiger partial charge in [-0.15, -0.1) is 11.3 Å². The highest BCUT2D eigenvalue weighted by molar-refractivity contribution is 7.13. The van der Waals surface area contributed by atoms with Crippen molar-refractivity contribution in [2.24, 2.45) is 0 Å². The third kappa shape index (κ3) is 3.12. The highest BCUT2D eigenvalue weighted by Crippen LogP contribution is 2.28. The molecule has 2 aromatic heterocycles. The number of nitrogens with one attached hydrogen (secondary N) is 1. The second-order valence-corrected chi connectivity index (χ2v) is 6.85. The van der Waals surface area contributed by atoms with Crippen LogP contribution < -0.4 is 5.32 Å². The van der Waals surface area contributed by atoms with Crippen molar-refractivity contribution in [2.45, 2.75) is 32.1 Å². The number of hydrogen-bond donors (Lipinski definition) is 1. The van der Waals surface area contributed by atoms with Crippen LogP contribution in [-0.4, -0.2) is 10.9 Å². The first-order valence-corrected chi connectivity index (χ1v) is 9.06. The van der Waals surface area contributed by atoms with E-state index in [1.165, 1.54) is 35.3 Å². The summed E-state index contributed by atoms with van der Waals surface area (Å²) in [5.74, 6) is 0.717. The molecule has 0 bridgehead atoms. The van der Waals surface area contributed by atoms with E-state index in [1.807, 2.05) is 29.6 Å². The number of aromatic nitrogens is 1. The van der Waals surface area contributed by atoms with Gasteiger partial charge in [-0.25, -0.2) is 4.98 Å². The first-order valence-electron chi connectivity index (χ1n) is 8.18. The van der Waals surface area contributed by atoms with Crippen LogP contribution in [0, 0.1) is 0 Å². The Bertz CT molecular complexity index is 852. The largest absolute Gasteiger partial charge is 0.462 e. The summed E-state index contributed by atoms with van der Waals surface area (Å²) >= 11 is 1.49. The molecule has 122 valence electrons. The van der Waals surface area contributed by atoms with Crippen molar-refractivity contribution in [3.63, 3.8) is 0 Å². The van der Waals surface area contributed by atoms with Crippen LogP contribution in [0.5, 0.6) is 0 Å². The molecule has 1 amide bonds. The van der Waals surface area contributed by atoms with E-state index in [0.29, 0.717) is 0 Å². The fourth-order valence-corrected chi connectivity index (χ4v) is 3.94. The lowest BCUT2D eigenvalue weighted by molar-refractivity contribution is -0.115. The molecule has 0 saturated heterocycles. The standard InChI is InChI=1S/C19H18N2O2S/c22-18(11-14-12-24-19(20-14)17-9-4-10-23-17)21-16-8-3-6-13-5-1-2-7-15(13)16/h3-4,6,8-10,12H,1-2,5,7,11H2,(H,21,22). The average molecular weight is 338 g/mol. The van der Waals surface area contributed by atoms with Gasteiger partial charge in [0.1, 0.15) is 0 Å². The zero-order valence-electron chi connectivity index (χ0n) is 13.2. The van der Waals surface area contributed by atoms with Crippen LogP contribution in [0.2, 0.25) is 0 Å². The summed E-state index contributed by atoms with van der Waals surface area (Å²) in [6.45, 7) is 0. The van der Waals surface area contributed by atoms with E-state index >= 15 is 0 Å². The van der Waals surface area contributed by atoms with Crippen LogP contribution in [0.25, 0.3) is 10.8 Å². The number of aryl methyl sites for hydroxylation is 1. The number of carbonyl (C=O) groups excluding carboxylic acids is 1. The third-order valence-electron chi connectivity index (χ3n) is 4.30. The molecule has 1 aliphatic rings. The van der Waals surface area contributed by atoms with Crippen molar-refractivity contribution < 1.29 is 9.21 Å². The monoisotopic (exact) mass is 338 g/mol. The smallest absolute Gasteiger partial charge is 0.230 e. The van der Waals surface area contributed by atoms with E-state index in [4.69, 9.17) is 4.42 Å². The van der Waals surface area contributed by atoms with Gasteiger partial charge in [-0.1, -0.05) is 12.1 Å². The predicted octanol–water partition coefficient (Wildman–Crippen LogP) is 4.46. The SMILES string of the molecule is O=C(Cc1csc(-c2ccco2)n1)Nc1cccc2c1CCCC2. The molecule has 1 N–H and O–H groups in total. The van der Waals surface area contributed by atoms with E-state index in [9.17, 15) is 4.79 Å². The summed E-state index contributed by atoms with van der Waals surface area (Å²) in [6.07, 6.45) is 6.49. The molecule has 0 unspecified atom stereocenters. The summed E-state index contributed by atoms with van der Waals surface area (Å²) in [4.78, 5) is 16.9. The molecule has 24 heavy (non-hydrogen) atoms. The Kier molecular flexibility index (Phi) is 4.17. The molecule has 1 aromatic carbocycles. The van der Waals surface area contributed by atoms with Gasteiger partial charge in [-0.3, -0.25) is 4.79 Å². The molecule has 0 fully saturated rings. The van der Waals surface area contributed by atoms with Gasteiger partial charge < -0.3 is 9.73 Å². The van der Waals surface area contributed by atoms with Gasteiger partial charge in [0.05, 0.1) is 18.4 Å². The zero-order valence-corrected chi connectivity index (χ0v) is 14.1. The van der Waals surface area contributed by atoms with Crippen LogP contribution in [0.4, 0.5) is 5.69 Å². The van der Waals surface area contributed by atoms with Crippen molar-refractivity contribution >= 4 is 22.9 Å². The Balaban J connectivity index is 1.46. The van der Waals surface area contributed by atoms with E-state index in [0.717, 1.165) is 35.0 Å². The molecule has 0 aliphatic heterocycles.